The largest absolute Gasteiger partial charge is 0.298 e. The molecule has 84 valence electrons. The molecule has 0 amide bonds. The molecule has 0 aliphatic carbocycles. The third kappa shape index (κ3) is 3.17. The van der Waals surface area contributed by atoms with Gasteiger partial charge in [0.25, 0.3) is 0 Å². The molecule has 0 saturated heterocycles. The fourth-order valence-electron chi connectivity index (χ4n) is 1.46. The Morgan fingerprint density at radius 1 is 1.31 bits per heavy atom. The van der Waals surface area contributed by atoms with E-state index in [0.29, 0.717) is 5.56 Å². The SMILES string of the molecule is C/C=C\c1cc(C=O)cc(Br)c1/C=C/CC. The number of rotatable bonds is 4. The van der Waals surface area contributed by atoms with E-state index < -0.39 is 0 Å². The van der Waals surface area contributed by atoms with E-state index in [1.807, 2.05) is 31.2 Å². The average Bonchev–Trinajstić information content (AvgIpc) is 2.28. The van der Waals surface area contributed by atoms with Crippen LogP contribution in [0.25, 0.3) is 12.2 Å². The zero-order chi connectivity index (χ0) is 12.0. The van der Waals surface area contributed by atoms with E-state index >= 15 is 0 Å². The lowest BCUT2D eigenvalue weighted by atomic mass is 10.0. The Morgan fingerprint density at radius 2 is 2.06 bits per heavy atom. The molecule has 0 saturated carbocycles. The predicted molar refractivity (Wildman–Crippen MR) is 73.6 cm³/mol. The summed E-state index contributed by atoms with van der Waals surface area (Å²) in [6.07, 6.45) is 10.0. The number of carbonyl (C=O) groups excluding carboxylic acids is 1. The van der Waals surface area contributed by atoms with Gasteiger partial charge in [0.05, 0.1) is 0 Å². The molecule has 2 heteroatoms. The Hall–Kier alpha value is -1.15. The molecule has 16 heavy (non-hydrogen) atoms. The van der Waals surface area contributed by atoms with Crippen molar-refractivity contribution in [2.45, 2.75) is 20.3 Å². The van der Waals surface area contributed by atoms with E-state index in [1.165, 1.54) is 0 Å². The molecule has 0 radical (unpaired) electrons. The van der Waals surface area contributed by atoms with E-state index in [9.17, 15) is 4.79 Å². The van der Waals surface area contributed by atoms with E-state index in [2.05, 4.69) is 35.0 Å². The Bertz CT molecular complexity index is 431. The normalized spacial score (nSPS) is 11.4. The van der Waals surface area contributed by atoms with Gasteiger partial charge in [0.15, 0.2) is 0 Å². The van der Waals surface area contributed by atoms with Gasteiger partial charge in [-0.05, 0) is 36.6 Å². The fraction of sp³-hybridized carbons (Fsp3) is 0.214. The first-order chi connectivity index (χ1) is 7.72. The van der Waals surface area contributed by atoms with Gasteiger partial charge in [0.2, 0.25) is 0 Å². The van der Waals surface area contributed by atoms with Crippen molar-refractivity contribution in [2.75, 3.05) is 0 Å². The molecular formula is C14H15BrO. The van der Waals surface area contributed by atoms with Gasteiger partial charge in [0.1, 0.15) is 6.29 Å². The molecule has 1 aromatic carbocycles. The first-order valence-corrected chi connectivity index (χ1v) is 6.10. The van der Waals surface area contributed by atoms with Crippen LogP contribution in [0.2, 0.25) is 0 Å². The third-order valence-electron chi connectivity index (χ3n) is 2.19. The van der Waals surface area contributed by atoms with Gasteiger partial charge < -0.3 is 0 Å². The molecule has 1 nitrogen and oxygen atoms in total. The number of allylic oxidation sites excluding steroid dienone is 2. The van der Waals surface area contributed by atoms with Crippen LogP contribution in [0.15, 0.2) is 28.8 Å². The number of benzene rings is 1. The van der Waals surface area contributed by atoms with Gasteiger partial charge in [-0.2, -0.15) is 0 Å². The zero-order valence-corrected chi connectivity index (χ0v) is 11.1. The highest BCUT2D eigenvalue weighted by Crippen LogP contribution is 2.25. The number of hydrogen-bond acceptors (Lipinski definition) is 1. The zero-order valence-electron chi connectivity index (χ0n) is 9.53. The van der Waals surface area contributed by atoms with Crippen LogP contribution < -0.4 is 0 Å². The Labute approximate surface area is 105 Å². The quantitative estimate of drug-likeness (QED) is 0.729. The summed E-state index contributed by atoms with van der Waals surface area (Å²) >= 11 is 3.49. The maximum Gasteiger partial charge on any atom is 0.150 e. The smallest absolute Gasteiger partial charge is 0.150 e. The van der Waals surface area contributed by atoms with Gasteiger partial charge >= 0.3 is 0 Å². The van der Waals surface area contributed by atoms with Crippen LogP contribution in [0.3, 0.4) is 0 Å². The Morgan fingerprint density at radius 3 is 2.62 bits per heavy atom. The lowest BCUT2D eigenvalue weighted by Gasteiger charge is -2.06. The summed E-state index contributed by atoms with van der Waals surface area (Å²) in [5.41, 5.74) is 2.86. The van der Waals surface area contributed by atoms with Crippen LogP contribution >= 0.6 is 15.9 Å². The summed E-state index contributed by atoms with van der Waals surface area (Å²) in [5.74, 6) is 0. The highest BCUT2D eigenvalue weighted by Gasteiger charge is 2.04. The second-order valence-electron chi connectivity index (χ2n) is 3.43. The molecule has 0 atom stereocenters. The number of hydrogen-bond donors (Lipinski definition) is 0. The van der Waals surface area contributed by atoms with Crippen molar-refractivity contribution < 1.29 is 4.79 Å². The molecule has 0 heterocycles. The molecule has 0 unspecified atom stereocenters. The second-order valence-corrected chi connectivity index (χ2v) is 4.29. The second kappa shape index (κ2) is 6.44. The van der Waals surface area contributed by atoms with Crippen LogP contribution in [0.1, 0.15) is 41.8 Å². The maximum absolute atomic E-state index is 10.8. The average molecular weight is 279 g/mol. The van der Waals surface area contributed by atoms with Crippen molar-refractivity contribution >= 4 is 34.4 Å². The standard InChI is InChI=1S/C14H15BrO/c1-3-5-7-13-12(6-4-2)8-11(10-16)9-14(13)15/h4-10H,3H2,1-2H3/b6-4-,7-5+. The summed E-state index contributed by atoms with van der Waals surface area (Å²) in [5, 5.41) is 0. The topological polar surface area (TPSA) is 17.1 Å². The summed E-state index contributed by atoms with van der Waals surface area (Å²) in [6, 6.07) is 3.74. The van der Waals surface area contributed by atoms with E-state index in [4.69, 9.17) is 0 Å². The predicted octanol–water partition coefficient (Wildman–Crippen LogP) is 4.72. The summed E-state index contributed by atoms with van der Waals surface area (Å²) in [4.78, 5) is 10.8. The highest BCUT2D eigenvalue weighted by atomic mass is 79.9. The molecule has 0 fully saturated rings. The van der Waals surface area contributed by atoms with Crippen LogP contribution in [-0.4, -0.2) is 6.29 Å². The summed E-state index contributed by atoms with van der Waals surface area (Å²) in [7, 11) is 0. The third-order valence-corrected chi connectivity index (χ3v) is 2.84. The van der Waals surface area contributed by atoms with Crippen LogP contribution in [0, 0.1) is 0 Å². The first-order valence-electron chi connectivity index (χ1n) is 5.30. The Kier molecular flexibility index (Phi) is 5.20. The first kappa shape index (κ1) is 12.9. The van der Waals surface area contributed by atoms with Gasteiger partial charge in [-0.25, -0.2) is 0 Å². The van der Waals surface area contributed by atoms with Gasteiger partial charge in [0, 0.05) is 10.0 Å². The van der Waals surface area contributed by atoms with E-state index in [1.54, 1.807) is 0 Å². The number of carbonyl (C=O) groups is 1. The highest BCUT2D eigenvalue weighted by molar-refractivity contribution is 9.10. The minimum Gasteiger partial charge on any atom is -0.298 e. The molecule has 1 rings (SSSR count). The summed E-state index contributed by atoms with van der Waals surface area (Å²) < 4.78 is 0.954. The minimum atomic E-state index is 0.689. The lowest BCUT2D eigenvalue weighted by molar-refractivity contribution is 0.112. The van der Waals surface area contributed by atoms with Crippen molar-refractivity contribution in [1.82, 2.24) is 0 Å². The van der Waals surface area contributed by atoms with Crippen molar-refractivity contribution in [3.8, 4) is 0 Å². The summed E-state index contributed by atoms with van der Waals surface area (Å²) in [6.45, 7) is 4.06. The van der Waals surface area contributed by atoms with Gasteiger partial charge in [-0.1, -0.05) is 47.2 Å². The van der Waals surface area contributed by atoms with Crippen LogP contribution in [0.4, 0.5) is 0 Å². The Balaban J connectivity index is 3.33. The molecule has 0 spiro atoms. The van der Waals surface area contributed by atoms with Crippen LogP contribution in [-0.2, 0) is 0 Å². The molecule has 0 aromatic heterocycles. The van der Waals surface area contributed by atoms with E-state index in [-0.39, 0.29) is 0 Å². The number of halogens is 1. The lowest BCUT2D eigenvalue weighted by Crippen LogP contribution is -1.88. The molecular weight excluding hydrogens is 264 g/mol. The van der Waals surface area contributed by atoms with Crippen molar-refractivity contribution in [1.29, 1.82) is 0 Å². The molecule has 1 aromatic rings. The fourth-order valence-corrected chi connectivity index (χ4v) is 2.08. The van der Waals surface area contributed by atoms with Crippen molar-refractivity contribution in [3.63, 3.8) is 0 Å². The van der Waals surface area contributed by atoms with Gasteiger partial charge in [-0.3, -0.25) is 4.79 Å². The van der Waals surface area contributed by atoms with Crippen molar-refractivity contribution in [3.05, 3.63) is 45.4 Å². The molecule has 0 aliphatic rings. The van der Waals surface area contributed by atoms with Gasteiger partial charge in [-0.15, -0.1) is 0 Å². The molecule has 0 bridgehead atoms. The molecule has 0 N–H and O–H groups in total. The molecule has 0 aliphatic heterocycles. The minimum absolute atomic E-state index is 0.689. The maximum atomic E-state index is 10.8. The van der Waals surface area contributed by atoms with Crippen molar-refractivity contribution in [2.24, 2.45) is 0 Å². The number of aldehydes is 1. The van der Waals surface area contributed by atoms with Crippen LogP contribution in [0.5, 0.6) is 0 Å². The monoisotopic (exact) mass is 278 g/mol. The van der Waals surface area contributed by atoms with E-state index in [0.717, 1.165) is 28.3 Å².